The molecule has 0 radical (unpaired) electrons. The zero-order valence-corrected chi connectivity index (χ0v) is 15.4. The van der Waals surface area contributed by atoms with Crippen LogP contribution in [0.5, 0.6) is 0 Å². The van der Waals surface area contributed by atoms with E-state index in [2.05, 4.69) is 20.2 Å². The minimum atomic E-state index is -0.130. The molecule has 5 nitrogen and oxygen atoms in total. The van der Waals surface area contributed by atoms with E-state index >= 15 is 0 Å². The molecule has 27 heavy (non-hydrogen) atoms. The van der Waals surface area contributed by atoms with Crippen molar-refractivity contribution in [3.05, 3.63) is 72.1 Å². The summed E-state index contributed by atoms with van der Waals surface area (Å²) in [6, 6.07) is 15.4. The fourth-order valence-corrected chi connectivity index (χ4v) is 3.43. The second kappa shape index (κ2) is 7.58. The lowest BCUT2D eigenvalue weighted by Gasteiger charge is -2.19. The molecule has 0 unspecified atom stereocenters. The molecule has 0 atom stereocenters. The number of anilines is 2. The molecule has 1 fully saturated rings. The Morgan fingerprint density at radius 1 is 1.00 bits per heavy atom. The largest absolute Gasteiger partial charge is 0.355 e. The van der Waals surface area contributed by atoms with Crippen molar-refractivity contribution in [2.45, 2.75) is 19.8 Å². The Kier molecular flexibility index (Phi) is 4.83. The van der Waals surface area contributed by atoms with Gasteiger partial charge in [-0.25, -0.2) is 4.98 Å². The van der Waals surface area contributed by atoms with E-state index < -0.39 is 0 Å². The van der Waals surface area contributed by atoms with Crippen LogP contribution in [0.15, 0.2) is 60.9 Å². The number of nitrogens with one attached hydrogen (secondary N) is 1. The van der Waals surface area contributed by atoms with Crippen LogP contribution in [-0.4, -0.2) is 29.0 Å². The molecule has 2 aromatic carbocycles. The summed E-state index contributed by atoms with van der Waals surface area (Å²) in [6.45, 7) is 4.00. The van der Waals surface area contributed by atoms with Gasteiger partial charge in [-0.2, -0.15) is 0 Å². The van der Waals surface area contributed by atoms with E-state index in [1.54, 1.807) is 12.4 Å². The smallest absolute Gasteiger partial charge is 0.255 e. The third-order valence-electron chi connectivity index (χ3n) is 4.76. The molecule has 0 bridgehead atoms. The molecule has 4 rings (SSSR count). The predicted molar refractivity (Wildman–Crippen MR) is 108 cm³/mol. The number of benzene rings is 2. The van der Waals surface area contributed by atoms with E-state index in [0.29, 0.717) is 5.56 Å². The first-order valence-electron chi connectivity index (χ1n) is 9.25. The summed E-state index contributed by atoms with van der Waals surface area (Å²) in [5.41, 5.74) is 4.23. The Labute approximate surface area is 159 Å². The van der Waals surface area contributed by atoms with Crippen LogP contribution in [0, 0.1) is 6.92 Å². The maximum Gasteiger partial charge on any atom is 0.255 e. The summed E-state index contributed by atoms with van der Waals surface area (Å²) < 4.78 is 0. The molecule has 1 N–H and O–H groups in total. The van der Waals surface area contributed by atoms with Crippen LogP contribution in [0.2, 0.25) is 0 Å². The third kappa shape index (κ3) is 3.82. The Balaban J connectivity index is 1.62. The van der Waals surface area contributed by atoms with Crippen LogP contribution >= 0.6 is 0 Å². The van der Waals surface area contributed by atoms with Crippen molar-refractivity contribution in [2.75, 3.05) is 23.3 Å². The van der Waals surface area contributed by atoms with Crippen LogP contribution in [0.25, 0.3) is 11.3 Å². The van der Waals surface area contributed by atoms with Crippen LogP contribution in [-0.2, 0) is 0 Å². The van der Waals surface area contributed by atoms with Crippen molar-refractivity contribution in [1.82, 2.24) is 9.97 Å². The molecule has 1 aliphatic heterocycles. The van der Waals surface area contributed by atoms with Crippen LogP contribution in [0.4, 0.5) is 11.5 Å². The molecule has 136 valence electrons. The second-order valence-electron chi connectivity index (χ2n) is 6.83. The molecule has 1 aliphatic rings. The van der Waals surface area contributed by atoms with Gasteiger partial charge in [-0.15, -0.1) is 0 Å². The highest BCUT2D eigenvalue weighted by molar-refractivity contribution is 6.05. The third-order valence-corrected chi connectivity index (χ3v) is 4.76. The zero-order valence-electron chi connectivity index (χ0n) is 15.4. The SMILES string of the molecule is Cc1cccc(NC(=O)c2cccc(-c3nccnc3N3CCCC3)c2)c1. The van der Waals surface area contributed by atoms with Gasteiger partial charge in [-0.1, -0.05) is 24.3 Å². The summed E-state index contributed by atoms with van der Waals surface area (Å²) in [6.07, 6.45) is 5.78. The van der Waals surface area contributed by atoms with Crippen molar-refractivity contribution in [3.8, 4) is 11.3 Å². The first kappa shape index (κ1) is 17.2. The molecule has 3 aromatic rings. The fraction of sp³-hybridized carbons (Fsp3) is 0.227. The topological polar surface area (TPSA) is 58.1 Å². The number of nitrogens with zero attached hydrogens (tertiary/aromatic N) is 3. The van der Waals surface area contributed by atoms with Crippen molar-refractivity contribution >= 4 is 17.4 Å². The van der Waals surface area contributed by atoms with Gasteiger partial charge in [0.05, 0.1) is 0 Å². The van der Waals surface area contributed by atoms with Gasteiger partial charge in [0, 0.05) is 42.3 Å². The second-order valence-corrected chi connectivity index (χ2v) is 6.83. The Bertz CT molecular complexity index is 964. The van der Waals surface area contributed by atoms with Crippen molar-refractivity contribution in [2.24, 2.45) is 0 Å². The molecular formula is C22H22N4O. The van der Waals surface area contributed by atoms with Crippen LogP contribution in [0.3, 0.4) is 0 Å². The monoisotopic (exact) mass is 358 g/mol. The van der Waals surface area contributed by atoms with Gasteiger partial charge in [0.1, 0.15) is 5.69 Å². The first-order valence-corrected chi connectivity index (χ1v) is 9.25. The Hall–Kier alpha value is -3.21. The number of carbonyl (C=O) groups excluding carboxylic acids is 1. The number of carbonyl (C=O) groups is 1. The number of aromatic nitrogens is 2. The molecule has 0 saturated carbocycles. The number of hydrogen-bond donors (Lipinski definition) is 1. The van der Waals surface area contributed by atoms with Gasteiger partial charge in [-0.05, 0) is 49.6 Å². The van der Waals surface area contributed by atoms with Crippen LogP contribution in [0.1, 0.15) is 28.8 Å². The van der Waals surface area contributed by atoms with E-state index in [0.717, 1.165) is 41.4 Å². The standard InChI is InChI=1S/C22H22N4O/c1-16-6-4-9-19(14-16)25-22(27)18-8-5-7-17(15-18)20-21(24-11-10-23-20)26-12-2-3-13-26/h4-11,14-15H,2-3,12-13H2,1H3,(H,25,27). The fourth-order valence-electron chi connectivity index (χ4n) is 3.43. The minimum absolute atomic E-state index is 0.130. The Morgan fingerprint density at radius 2 is 1.78 bits per heavy atom. The molecule has 5 heteroatoms. The molecule has 2 heterocycles. The lowest BCUT2D eigenvalue weighted by Crippen LogP contribution is -2.20. The lowest BCUT2D eigenvalue weighted by molar-refractivity contribution is 0.102. The minimum Gasteiger partial charge on any atom is -0.355 e. The van der Waals surface area contributed by atoms with Crippen LogP contribution < -0.4 is 10.2 Å². The maximum atomic E-state index is 12.7. The molecule has 0 spiro atoms. The maximum absolute atomic E-state index is 12.7. The summed E-state index contributed by atoms with van der Waals surface area (Å²) in [5, 5.41) is 2.96. The average Bonchev–Trinajstić information content (AvgIpc) is 3.23. The van der Waals surface area contributed by atoms with Gasteiger partial charge in [0.15, 0.2) is 5.82 Å². The van der Waals surface area contributed by atoms with Gasteiger partial charge >= 0.3 is 0 Å². The first-order chi connectivity index (χ1) is 13.2. The number of amides is 1. The van der Waals surface area contributed by atoms with E-state index in [1.807, 2.05) is 55.5 Å². The van der Waals surface area contributed by atoms with Crippen molar-refractivity contribution in [3.63, 3.8) is 0 Å². The van der Waals surface area contributed by atoms with Gasteiger partial charge in [0.25, 0.3) is 5.91 Å². The van der Waals surface area contributed by atoms with E-state index in [1.165, 1.54) is 12.8 Å². The molecule has 1 aromatic heterocycles. The van der Waals surface area contributed by atoms with Crippen molar-refractivity contribution < 1.29 is 4.79 Å². The quantitative estimate of drug-likeness (QED) is 0.755. The highest BCUT2D eigenvalue weighted by Gasteiger charge is 2.19. The van der Waals surface area contributed by atoms with Gasteiger partial charge < -0.3 is 10.2 Å². The predicted octanol–water partition coefficient (Wildman–Crippen LogP) is 4.30. The lowest BCUT2D eigenvalue weighted by atomic mass is 10.1. The molecule has 1 saturated heterocycles. The highest BCUT2D eigenvalue weighted by Crippen LogP contribution is 2.29. The number of aryl methyl sites for hydroxylation is 1. The summed E-state index contributed by atoms with van der Waals surface area (Å²) in [4.78, 5) is 24.1. The average molecular weight is 358 g/mol. The number of rotatable bonds is 4. The van der Waals surface area contributed by atoms with E-state index in [-0.39, 0.29) is 5.91 Å². The van der Waals surface area contributed by atoms with E-state index in [4.69, 9.17) is 0 Å². The summed E-state index contributed by atoms with van der Waals surface area (Å²) in [7, 11) is 0. The summed E-state index contributed by atoms with van der Waals surface area (Å²) >= 11 is 0. The van der Waals surface area contributed by atoms with Gasteiger partial charge in [0.2, 0.25) is 0 Å². The molecule has 0 aliphatic carbocycles. The zero-order chi connectivity index (χ0) is 18.6. The van der Waals surface area contributed by atoms with Gasteiger partial charge in [-0.3, -0.25) is 9.78 Å². The summed E-state index contributed by atoms with van der Waals surface area (Å²) in [5.74, 6) is 0.764. The highest BCUT2D eigenvalue weighted by atomic mass is 16.1. The molecule has 1 amide bonds. The number of hydrogen-bond acceptors (Lipinski definition) is 4. The Morgan fingerprint density at radius 3 is 2.59 bits per heavy atom. The normalized spacial score (nSPS) is 13.6. The van der Waals surface area contributed by atoms with Crippen molar-refractivity contribution in [1.29, 1.82) is 0 Å². The molecular weight excluding hydrogens is 336 g/mol. The van der Waals surface area contributed by atoms with E-state index in [9.17, 15) is 4.79 Å².